The van der Waals surface area contributed by atoms with Gasteiger partial charge in [0.1, 0.15) is 0 Å². The summed E-state index contributed by atoms with van der Waals surface area (Å²) in [7, 11) is 0. The van der Waals surface area contributed by atoms with Crippen LogP contribution in [0.4, 0.5) is 0 Å². The van der Waals surface area contributed by atoms with E-state index in [9.17, 15) is 5.11 Å². The molecular formula is C8H14O2. The van der Waals surface area contributed by atoms with Crippen LogP contribution in [0.15, 0.2) is 25.3 Å². The summed E-state index contributed by atoms with van der Waals surface area (Å²) < 4.78 is 0. The first kappa shape index (κ1) is 9.40. The molecule has 0 aliphatic rings. The van der Waals surface area contributed by atoms with Crippen LogP contribution in [-0.2, 0) is 0 Å². The summed E-state index contributed by atoms with van der Waals surface area (Å²) in [5.41, 5.74) is -0.992. The van der Waals surface area contributed by atoms with E-state index in [0.717, 1.165) is 0 Å². The summed E-state index contributed by atoms with van der Waals surface area (Å²) in [5.74, 6) is 0. The maximum absolute atomic E-state index is 9.30. The van der Waals surface area contributed by atoms with E-state index >= 15 is 0 Å². The minimum Gasteiger partial charge on any atom is -0.389 e. The van der Waals surface area contributed by atoms with Gasteiger partial charge in [-0.15, -0.1) is 13.2 Å². The van der Waals surface area contributed by atoms with Crippen LogP contribution in [-0.4, -0.2) is 21.9 Å². The van der Waals surface area contributed by atoms with E-state index < -0.39 is 11.7 Å². The molecule has 10 heavy (non-hydrogen) atoms. The second kappa shape index (κ2) is 3.54. The van der Waals surface area contributed by atoms with E-state index in [1.807, 2.05) is 0 Å². The highest BCUT2D eigenvalue weighted by Crippen LogP contribution is 2.12. The van der Waals surface area contributed by atoms with Crippen LogP contribution in [0.3, 0.4) is 0 Å². The Kier molecular flexibility index (Phi) is 3.33. The summed E-state index contributed by atoms with van der Waals surface area (Å²) in [6.45, 7) is 8.40. The molecule has 0 rings (SSSR count). The summed E-state index contributed by atoms with van der Waals surface area (Å²) in [5, 5.41) is 18.3. The van der Waals surface area contributed by atoms with Crippen molar-refractivity contribution in [3.8, 4) is 0 Å². The molecule has 0 radical (unpaired) electrons. The Morgan fingerprint density at radius 1 is 1.60 bits per heavy atom. The lowest BCUT2D eigenvalue weighted by Gasteiger charge is -2.19. The van der Waals surface area contributed by atoms with E-state index in [0.29, 0.717) is 0 Å². The smallest absolute Gasteiger partial charge is 0.0824 e. The third-order valence-electron chi connectivity index (χ3n) is 1.33. The maximum Gasteiger partial charge on any atom is 0.0824 e. The fourth-order valence-electron chi connectivity index (χ4n) is 0.590. The van der Waals surface area contributed by atoms with E-state index in [-0.39, 0.29) is 6.42 Å². The normalized spacial score (nSPS) is 19.1. The molecule has 0 amide bonds. The molecule has 0 fully saturated rings. The van der Waals surface area contributed by atoms with Crippen molar-refractivity contribution in [1.29, 1.82) is 0 Å². The maximum atomic E-state index is 9.30. The molecule has 2 nitrogen and oxygen atoms in total. The lowest BCUT2D eigenvalue weighted by atomic mass is 9.99. The van der Waals surface area contributed by atoms with E-state index in [2.05, 4.69) is 13.2 Å². The molecule has 2 atom stereocenters. The van der Waals surface area contributed by atoms with Gasteiger partial charge in [0.25, 0.3) is 0 Å². The molecule has 0 heterocycles. The van der Waals surface area contributed by atoms with Crippen LogP contribution in [0.2, 0.25) is 0 Å². The Bertz CT molecular complexity index is 127. The van der Waals surface area contributed by atoms with Gasteiger partial charge in [-0.3, -0.25) is 0 Å². The summed E-state index contributed by atoms with van der Waals surface area (Å²) in [6, 6.07) is 0. The molecule has 2 unspecified atom stereocenters. The van der Waals surface area contributed by atoms with Crippen molar-refractivity contribution in [3.63, 3.8) is 0 Å². The Morgan fingerprint density at radius 2 is 2.10 bits per heavy atom. The molecule has 0 spiro atoms. The second-order valence-corrected chi connectivity index (χ2v) is 2.57. The first-order valence-electron chi connectivity index (χ1n) is 3.18. The molecule has 0 aliphatic carbocycles. The Hall–Kier alpha value is -0.600. The van der Waals surface area contributed by atoms with Crippen LogP contribution in [0.1, 0.15) is 13.3 Å². The predicted molar refractivity (Wildman–Crippen MR) is 41.6 cm³/mol. The summed E-state index contributed by atoms with van der Waals surface area (Å²) in [4.78, 5) is 0. The Morgan fingerprint density at radius 3 is 2.40 bits per heavy atom. The highest BCUT2D eigenvalue weighted by Gasteiger charge is 2.18. The van der Waals surface area contributed by atoms with Gasteiger partial charge < -0.3 is 10.2 Å². The fraction of sp³-hybridized carbons (Fsp3) is 0.500. The molecular weight excluding hydrogens is 128 g/mol. The van der Waals surface area contributed by atoms with Gasteiger partial charge in [-0.25, -0.2) is 0 Å². The van der Waals surface area contributed by atoms with Gasteiger partial charge in [0.15, 0.2) is 0 Å². The highest BCUT2D eigenvalue weighted by atomic mass is 16.3. The average Bonchev–Trinajstić information content (AvgIpc) is 1.87. The summed E-state index contributed by atoms with van der Waals surface area (Å²) >= 11 is 0. The molecule has 0 aromatic carbocycles. The average molecular weight is 142 g/mol. The third kappa shape index (κ3) is 3.43. The molecule has 0 aromatic heterocycles. The number of hydrogen-bond donors (Lipinski definition) is 2. The van der Waals surface area contributed by atoms with Gasteiger partial charge in [-0.2, -0.15) is 0 Å². The second-order valence-electron chi connectivity index (χ2n) is 2.57. The van der Waals surface area contributed by atoms with E-state index in [1.54, 1.807) is 6.92 Å². The van der Waals surface area contributed by atoms with Gasteiger partial charge in [0.05, 0.1) is 11.7 Å². The number of aliphatic hydroxyl groups is 2. The lowest BCUT2D eigenvalue weighted by Crippen LogP contribution is -2.26. The van der Waals surface area contributed by atoms with Crippen molar-refractivity contribution in [3.05, 3.63) is 25.3 Å². The summed E-state index contributed by atoms with van der Waals surface area (Å²) in [6.07, 6.45) is 2.38. The van der Waals surface area contributed by atoms with Gasteiger partial charge in [0.2, 0.25) is 0 Å². The minimum absolute atomic E-state index is 0.250. The molecule has 58 valence electrons. The van der Waals surface area contributed by atoms with Crippen LogP contribution < -0.4 is 0 Å². The first-order chi connectivity index (χ1) is 4.52. The fourth-order valence-corrected chi connectivity index (χ4v) is 0.590. The minimum atomic E-state index is -0.992. The quantitative estimate of drug-likeness (QED) is 0.571. The van der Waals surface area contributed by atoms with E-state index in [1.165, 1.54) is 12.2 Å². The molecule has 0 bridgehead atoms. The number of hydrogen-bond acceptors (Lipinski definition) is 2. The molecule has 0 saturated carbocycles. The van der Waals surface area contributed by atoms with Crippen molar-refractivity contribution >= 4 is 0 Å². The van der Waals surface area contributed by atoms with Crippen molar-refractivity contribution in [1.82, 2.24) is 0 Å². The number of rotatable bonds is 4. The van der Waals surface area contributed by atoms with Gasteiger partial charge in [-0.1, -0.05) is 12.2 Å². The van der Waals surface area contributed by atoms with Crippen LogP contribution in [0.25, 0.3) is 0 Å². The first-order valence-corrected chi connectivity index (χ1v) is 3.18. The van der Waals surface area contributed by atoms with Crippen LogP contribution in [0, 0.1) is 0 Å². The molecule has 0 aliphatic heterocycles. The zero-order valence-corrected chi connectivity index (χ0v) is 6.25. The zero-order chi connectivity index (χ0) is 8.20. The van der Waals surface area contributed by atoms with Gasteiger partial charge in [-0.05, 0) is 6.92 Å². The van der Waals surface area contributed by atoms with Crippen LogP contribution in [0.5, 0.6) is 0 Å². The highest BCUT2D eigenvalue weighted by molar-refractivity contribution is 4.96. The Balaban J connectivity index is 3.86. The van der Waals surface area contributed by atoms with Gasteiger partial charge >= 0.3 is 0 Å². The topological polar surface area (TPSA) is 40.5 Å². The van der Waals surface area contributed by atoms with Crippen molar-refractivity contribution in [2.75, 3.05) is 0 Å². The van der Waals surface area contributed by atoms with Crippen molar-refractivity contribution < 1.29 is 10.2 Å². The number of aliphatic hydroxyl groups excluding tert-OH is 1. The van der Waals surface area contributed by atoms with Crippen LogP contribution >= 0.6 is 0 Å². The lowest BCUT2D eigenvalue weighted by molar-refractivity contribution is 0.0578. The molecule has 0 saturated heterocycles. The SMILES string of the molecule is C=CC(O)CC(C)(O)C=C. The van der Waals surface area contributed by atoms with Gasteiger partial charge in [0, 0.05) is 6.42 Å². The standard InChI is InChI=1S/C8H14O2/c1-4-7(9)6-8(3,10)5-2/h4-5,7,9-10H,1-2,6H2,3H3. The zero-order valence-electron chi connectivity index (χ0n) is 6.25. The van der Waals surface area contributed by atoms with Crippen molar-refractivity contribution in [2.45, 2.75) is 25.0 Å². The predicted octanol–water partition coefficient (Wildman–Crippen LogP) is 0.860. The third-order valence-corrected chi connectivity index (χ3v) is 1.33. The van der Waals surface area contributed by atoms with Crippen molar-refractivity contribution in [2.24, 2.45) is 0 Å². The molecule has 2 N–H and O–H groups in total. The van der Waals surface area contributed by atoms with E-state index in [4.69, 9.17) is 5.11 Å². The molecule has 2 heteroatoms. The monoisotopic (exact) mass is 142 g/mol. The molecule has 0 aromatic rings. The largest absolute Gasteiger partial charge is 0.389 e. The Labute approximate surface area is 61.5 Å².